The van der Waals surface area contributed by atoms with Crippen LogP contribution in [-0.4, -0.2) is 23.7 Å². The van der Waals surface area contributed by atoms with Crippen molar-refractivity contribution < 1.29 is 14.3 Å². The summed E-state index contributed by atoms with van der Waals surface area (Å²) < 4.78 is 13.8. The molecule has 0 heterocycles. The van der Waals surface area contributed by atoms with Gasteiger partial charge in [-0.05, 0) is 42.9 Å². The van der Waals surface area contributed by atoms with Crippen molar-refractivity contribution in [3.63, 3.8) is 0 Å². The molecule has 1 aliphatic carbocycles. The summed E-state index contributed by atoms with van der Waals surface area (Å²) >= 11 is 0. The van der Waals surface area contributed by atoms with E-state index in [0.717, 1.165) is 12.8 Å². The molecule has 1 amide bonds. The number of hydrogen-bond donors (Lipinski definition) is 2. The molecule has 1 saturated carbocycles. The second kappa shape index (κ2) is 6.73. The third kappa shape index (κ3) is 3.62. The van der Waals surface area contributed by atoms with E-state index in [1.165, 1.54) is 18.2 Å². The predicted octanol–water partition coefficient (Wildman–Crippen LogP) is 2.33. The quantitative estimate of drug-likeness (QED) is 0.821. The zero-order chi connectivity index (χ0) is 15.4. The molecular formula is C17H20FNO2. The Bertz CT molecular complexity index is 588. The Hall–Kier alpha value is -1.86. The third-order valence-electron chi connectivity index (χ3n) is 4.30. The SMILES string of the molecule is CC1CCC(NC(=O)c2cc(C#CCO)ccc2F)C1C. The van der Waals surface area contributed by atoms with Gasteiger partial charge in [0.15, 0.2) is 0 Å². The molecule has 0 bridgehead atoms. The zero-order valence-electron chi connectivity index (χ0n) is 12.3. The predicted molar refractivity (Wildman–Crippen MR) is 79.2 cm³/mol. The van der Waals surface area contributed by atoms with Gasteiger partial charge in [-0.25, -0.2) is 4.39 Å². The molecular weight excluding hydrogens is 269 g/mol. The molecule has 1 aromatic carbocycles. The number of carbonyl (C=O) groups is 1. The van der Waals surface area contributed by atoms with Crippen molar-refractivity contribution in [2.45, 2.75) is 32.7 Å². The average molecular weight is 289 g/mol. The Labute approximate surface area is 124 Å². The molecule has 112 valence electrons. The Morgan fingerprint density at radius 3 is 2.81 bits per heavy atom. The van der Waals surface area contributed by atoms with Gasteiger partial charge in [-0.3, -0.25) is 4.79 Å². The van der Waals surface area contributed by atoms with Crippen LogP contribution >= 0.6 is 0 Å². The standard InChI is InChI=1S/C17H20FNO2/c1-11-5-8-16(12(11)2)19-17(21)14-10-13(4-3-9-20)6-7-15(14)18/h6-7,10-12,16,20H,5,8-9H2,1-2H3,(H,19,21). The molecule has 3 nitrogen and oxygen atoms in total. The number of aliphatic hydroxyl groups excluding tert-OH is 1. The van der Waals surface area contributed by atoms with Crippen LogP contribution in [0.1, 0.15) is 42.6 Å². The second-order valence-electron chi connectivity index (χ2n) is 5.65. The number of halogens is 1. The molecule has 3 unspecified atom stereocenters. The number of hydrogen-bond acceptors (Lipinski definition) is 2. The van der Waals surface area contributed by atoms with Gasteiger partial charge in [-0.1, -0.05) is 25.7 Å². The first-order valence-corrected chi connectivity index (χ1v) is 7.23. The molecule has 0 aromatic heterocycles. The van der Waals surface area contributed by atoms with E-state index in [2.05, 4.69) is 31.0 Å². The summed E-state index contributed by atoms with van der Waals surface area (Å²) in [5, 5.41) is 11.6. The van der Waals surface area contributed by atoms with E-state index >= 15 is 0 Å². The van der Waals surface area contributed by atoms with Crippen LogP contribution in [0.4, 0.5) is 4.39 Å². The number of benzene rings is 1. The number of amides is 1. The van der Waals surface area contributed by atoms with Crippen LogP contribution < -0.4 is 5.32 Å². The fraction of sp³-hybridized carbons (Fsp3) is 0.471. The third-order valence-corrected chi connectivity index (χ3v) is 4.30. The van der Waals surface area contributed by atoms with Crippen molar-refractivity contribution in [1.82, 2.24) is 5.32 Å². The van der Waals surface area contributed by atoms with E-state index in [-0.39, 0.29) is 18.2 Å². The summed E-state index contributed by atoms with van der Waals surface area (Å²) in [5.41, 5.74) is 0.523. The van der Waals surface area contributed by atoms with E-state index in [9.17, 15) is 9.18 Å². The van der Waals surface area contributed by atoms with E-state index < -0.39 is 11.7 Å². The normalized spacial score (nSPS) is 24.3. The fourth-order valence-electron chi connectivity index (χ4n) is 2.73. The highest BCUT2D eigenvalue weighted by atomic mass is 19.1. The van der Waals surface area contributed by atoms with Crippen LogP contribution in [-0.2, 0) is 0 Å². The number of aliphatic hydroxyl groups is 1. The van der Waals surface area contributed by atoms with Crippen LogP contribution in [0.3, 0.4) is 0 Å². The van der Waals surface area contributed by atoms with E-state index in [1.54, 1.807) is 0 Å². The Kier molecular flexibility index (Phi) is 4.98. The van der Waals surface area contributed by atoms with Crippen LogP contribution in [0.25, 0.3) is 0 Å². The summed E-state index contributed by atoms with van der Waals surface area (Å²) in [7, 11) is 0. The first kappa shape index (κ1) is 15.5. The van der Waals surface area contributed by atoms with Gasteiger partial charge in [0.25, 0.3) is 5.91 Å². The molecule has 0 saturated heterocycles. The van der Waals surface area contributed by atoms with Crippen molar-refractivity contribution >= 4 is 5.91 Å². The lowest BCUT2D eigenvalue weighted by Crippen LogP contribution is -2.37. The minimum atomic E-state index is -0.555. The zero-order valence-corrected chi connectivity index (χ0v) is 12.3. The van der Waals surface area contributed by atoms with E-state index in [4.69, 9.17) is 5.11 Å². The summed E-state index contributed by atoms with van der Waals surface area (Å²) in [6, 6.07) is 4.25. The highest BCUT2D eigenvalue weighted by Crippen LogP contribution is 2.31. The van der Waals surface area contributed by atoms with Crippen molar-refractivity contribution in [1.29, 1.82) is 0 Å². The monoisotopic (exact) mass is 289 g/mol. The van der Waals surface area contributed by atoms with Gasteiger partial charge in [0, 0.05) is 11.6 Å². The molecule has 2 N–H and O–H groups in total. The summed E-state index contributed by atoms with van der Waals surface area (Å²) in [6.45, 7) is 4.01. The number of rotatable bonds is 2. The van der Waals surface area contributed by atoms with Gasteiger partial charge in [0.1, 0.15) is 12.4 Å². The minimum absolute atomic E-state index is 0.00601. The maximum absolute atomic E-state index is 13.8. The van der Waals surface area contributed by atoms with E-state index in [0.29, 0.717) is 17.4 Å². The smallest absolute Gasteiger partial charge is 0.254 e. The molecule has 2 rings (SSSR count). The lowest BCUT2D eigenvalue weighted by atomic mass is 9.97. The lowest BCUT2D eigenvalue weighted by Gasteiger charge is -2.19. The van der Waals surface area contributed by atoms with Crippen LogP contribution in [0.15, 0.2) is 18.2 Å². The average Bonchev–Trinajstić information content (AvgIpc) is 2.78. The number of nitrogens with one attached hydrogen (secondary N) is 1. The van der Waals surface area contributed by atoms with Gasteiger partial charge < -0.3 is 10.4 Å². The first-order chi connectivity index (χ1) is 10.0. The summed E-state index contributed by atoms with van der Waals surface area (Å²) in [5.74, 6) is 5.18. The van der Waals surface area contributed by atoms with Gasteiger partial charge >= 0.3 is 0 Å². The fourth-order valence-corrected chi connectivity index (χ4v) is 2.73. The molecule has 0 spiro atoms. The maximum Gasteiger partial charge on any atom is 0.254 e. The lowest BCUT2D eigenvalue weighted by molar-refractivity contribution is 0.0923. The maximum atomic E-state index is 13.8. The Morgan fingerprint density at radius 2 is 2.19 bits per heavy atom. The van der Waals surface area contributed by atoms with Crippen molar-refractivity contribution in [2.24, 2.45) is 11.8 Å². The van der Waals surface area contributed by atoms with Crippen molar-refractivity contribution in [2.75, 3.05) is 6.61 Å². The molecule has 1 aromatic rings. The van der Waals surface area contributed by atoms with Crippen LogP contribution in [0, 0.1) is 29.5 Å². The molecule has 4 heteroatoms. The van der Waals surface area contributed by atoms with Crippen molar-refractivity contribution in [3.8, 4) is 11.8 Å². The van der Waals surface area contributed by atoms with E-state index in [1.807, 2.05) is 0 Å². The Balaban J connectivity index is 2.15. The van der Waals surface area contributed by atoms with Crippen molar-refractivity contribution in [3.05, 3.63) is 35.1 Å². The van der Waals surface area contributed by atoms with Crippen LogP contribution in [0.2, 0.25) is 0 Å². The highest BCUT2D eigenvalue weighted by molar-refractivity contribution is 5.95. The molecule has 21 heavy (non-hydrogen) atoms. The largest absolute Gasteiger partial charge is 0.384 e. The summed E-state index contributed by atoms with van der Waals surface area (Å²) in [4.78, 5) is 12.3. The molecule has 3 atom stereocenters. The van der Waals surface area contributed by atoms with Gasteiger partial charge in [-0.2, -0.15) is 0 Å². The van der Waals surface area contributed by atoms with Gasteiger partial charge in [0.2, 0.25) is 0 Å². The summed E-state index contributed by atoms with van der Waals surface area (Å²) in [6.07, 6.45) is 2.01. The molecule has 0 radical (unpaired) electrons. The molecule has 0 aliphatic heterocycles. The highest BCUT2D eigenvalue weighted by Gasteiger charge is 2.31. The molecule has 1 fully saturated rings. The topological polar surface area (TPSA) is 49.3 Å². The van der Waals surface area contributed by atoms with Crippen LogP contribution in [0.5, 0.6) is 0 Å². The first-order valence-electron chi connectivity index (χ1n) is 7.23. The number of carbonyl (C=O) groups excluding carboxylic acids is 1. The minimum Gasteiger partial charge on any atom is -0.384 e. The Morgan fingerprint density at radius 1 is 1.43 bits per heavy atom. The van der Waals surface area contributed by atoms with Gasteiger partial charge in [0.05, 0.1) is 5.56 Å². The molecule has 1 aliphatic rings. The second-order valence-corrected chi connectivity index (χ2v) is 5.65. The van der Waals surface area contributed by atoms with Gasteiger partial charge in [-0.15, -0.1) is 0 Å².